The van der Waals surface area contributed by atoms with Crippen molar-refractivity contribution in [3.05, 3.63) is 29.3 Å². The Hall–Kier alpha value is -0.670. The van der Waals surface area contributed by atoms with Crippen LogP contribution in [0.2, 0.25) is 0 Å². The number of hydrogen-bond acceptors (Lipinski definition) is 3. The van der Waals surface area contributed by atoms with Crippen molar-refractivity contribution in [2.75, 3.05) is 18.5 Å². The molecule has 0 aromatic heterocycles. The molecule has 0 radical (unpaired) electrons. The highest BCUT2D eigenvalue weighted by molar-refractivity contribution is 7.99. The molecule has 0 fully saturated rings. The molecule has 1 aromatic rings. The highest BCUT2D eigenvalue weighted by Crippen LogP contribution is 2.29. The molecule has 1 aliphatic heterocycles. The first-order valence-corrected chi connectivity index (χ1v) is 6.87. The molecule has 1 heterocycles. The summed E-state index contributed by atoms with van der Waals surface area (Å²) in [7, 11) is 0. The predicted molar refractivity (Wildman–Crippen MR) is 72.6 cm³/mol. The molecule has 2 N–H and O–H groups in total. The van der Waals surface area contributed by atoms with Crippen molar-refractivity contribution in [1.29, 1.82) is 0 Å². The van der Waals surface area contributed by atoms with Gasteiger partial charge in [-0.25, -0.2) is 0 Å². The number of nitrogens with two attached hydrogens (primary N) is 1. The summed E-state index contributed by atoms with van der Waals surface area (Å²) >= 11 is 1.93. The molecule has 0 bridgehead atoms. The fraction of sp³-hybridized carbons (Fsp3) is 0.538. The number of hydrogen-bond donors (Lipinski definition) is 1. The lowest BCUT2D eigenvalue weighted by Crippen LogP contribution is -2.32. The normalized spacial score (nSPS) is 16.4. The third-order valence-electron chi connectivity index (χ3n) is 3.18. The van der Waals surface area contributed by atoms with Gasteiger partial charge in [0.15, 0.2) is 0 Å². The SMILES string of the molecule is CSC(C)(C)CN1Cc2ccc(N)cc2C1. The number of nitrogens with zero attached hydrogens (tertiary/aromatic N) is 1. The number of nitrogen functional groups attached to an aromatic ring is 1. The van der Waals surface area contributed by atoms with Crippen LogP contribution in [-0.4, -0.2) is 22.4 Å². The molecule has 3 heteroatoms. The smallest absolute Gasteiger partial charge is 0.0317 e. The molecule has 0 atom stereocenters. The van der Waals surface area contributed by atoms with E-state index in [0.29, 0.717) is 4.75 Å². The minimum Gasteiger partial charge on any atom is -0.399 e. The average Bonchev–Trinajstić information content (AvgIpc) is 2.58. The summed E-state index contributed by atoms with van der Waals surface area (Å²) in [5.74, 6) is 0. The Labute approximate surface area is 102 Å². The highest BCUT2D eigenvalue weighted by Gasteiger charge is 2.25. The lowest BCUT2D eigenvalue weighted by atomic mass is 10.1. The minimum atomic E-state index is 0.327. The first kappa shape index (κ1) is 11.8. The molecular formula is C13H20N2S. The van der Waals surface area contributed by atoms with Crippen LogP contribution in [0, 0.1) is 0 Å². The van der Waals surface area contributed by atoms with Crippen LogP contribution < -0.4 is 5.73 Å². The Morgan fingerprint density at radius 2 is 2.00 bits per heavy atom. The first-order valence-electron chi connectivity index (χ1n) is 5.65. The Bertz CT molecular complexity index is 388. The van der Waals surface area contributed by atoms with Crippen LogP contribution in [0.4, 0.5) is 5.69 Å². The van der Waals surface area contributed by atoms with E-state index >= 15 is 0 Å². The molecule has 88 valence electrons. The second kappa shape index (κ2) is 4.30. The van der Waals surface area contributed by atoms with Gasteiger partial charge in [0.2, 0.25) is 0 Å². The fourth-order valence-corrected chi connectivity index (χ4v) is 2.51. The van der Waals surface area contributed by atoms with Crippen molar-refractivity contribution in [3.8, 4) is 0 Å². The van der Waals surface area contributed by atoms with Gasteiger partial charge < -0.3 is 5.73 Å². The van der Waals surface area contributed by atoms with Gasteiger partial charge in [0.05, 0.1) is 0 Å². The molecule has 0 spiro atoms. The molecule has 16 heavy (non-hydrogen) atoms. The number of fused-ring (bicyclic) bond motifs is 1. The lowest BCUT2D eigenvalue weighted by Gasteiger charge is -2.28. The lowest BCUT2D eigenvalue weighted by molar-refractivity contribution is 0.264. The largest absolute Gasteiger partial charge is 0.399 e. The summed E-state index contributed by atoms with van der Waals surface area (Å²) in [6, 6.07) is 6.28. The van der Waals surface area contributed by atoms with Crippen LogP contribution in [-0.2, 0) is 13.1 Å². The second-order valence-electron chi connectivity index (χ2n) is 5.14. The van der Waals surface area contributed by atoms with E-state index in [2.05, 4.69) is 37.1 Å². The first-order chi connectivity index (χ1) is 7.50. The number of anilines is 1. The van der Waals surface area contributed by atoms with Gasteiger partial charge in [-0.1, -0.05) is 6.07 Å². The Balaban J connectivity index is 2.06. The molecule has 1 aromatic carbocycles. The zero-order chi connectivity index (χ0) is 11.8. The maximum atomic E-state index is 5.81. The molecule has 0 unspecified atom stereocenters. The van der Waals surface area contributed by atoms with E-state index in [0.717, 1.165) is 25.3 Å². The number of rotatable bonds is 3. The van der Waals surface area contributed by atoms with Crippen LogP contribution in [0.25, 0.3) is 0 Å². The van der Waals surface area contributed by atoms with Crippen molar-refractivity contribution in [2.45, 2.75) is 31.7 Å². The van der Waals surface area contributed by atoms with Gasteiger partial charge in [-0.2, -0.15) is 11.8 Å². The molecule has 0 aliphatic carbocycles. The van der Waals surface area contributed by atoms with Gasteiger partial charge in [0.25, 0.3) is 0 Å². The van der Waals surface area contributed by atoms with Gasteiger partial charge >= 0.3 is 0 Å². The fourth-order valence-electron chi connectivity index (χ4n) is 2.20. The van der Waals surface area contributed by atoms with Crippen LogP contribution in [0.3, 0.4) is 0 Å². The number of benzene rings is 1. The van der Waals surface area contributed by atoms with Crippen LogP contribution >= 0.6 is 11.8 Å². The summed E-state index contributed by atoms with van der Waals surface area (Å²) in [6.45, 7) is 7.84. The molecule has 1 aliphatic rings. The topological polar surface area (TPSA) is 29.3 Å². The second-order valence-corrected chi connectivity index (χ2v) is 6.65. The van der Waals surface area contributed by atoms with Gasteiger partial charge in [-0.3, -0.25) is 4.90 Å². The van der Waals surface area contributed by atoms with Gasteiger partial charge in [-0.15, -0.1) is 0 Å². The molecule has 2 rings (SSSR count). The Kier molecular flexibility index (Phi) is 3.17. The molecule has 2 nitrogen and oxygen atoms in total. The van der Waals surface area contributed by atoms with Gasteiger partial charge in [0.1, 0.15) is 0 Å². The van der Waals surface area contributed by atoms with Crippen molar-refractivity contribution in [2.24, 2.45) is 0 Å². The number of thioether (sulfide) groups is 1. The van der Waals surface area contributed by atoms with Crippen molar-refractivity contribution < 1.29 is 0 Å². The van der Waals surface area contributed by atoms with E-state index in [4.69, 9.17) is 5.73 Å². The highest BCUT2D eigenvalue weighted by atomic mass is 32.2. The third kappa shape index (κ3) is 2.53. The zero-order valence-corrected chi connectivity index (χ0v) is 11.1. The van der Waals surface area contributed by atoms with Gasteiger partial charge in [-0.05, 0) is 43.4 Å². The average molecular weight is 236 g/mol. The summed E-state index contributed by atoms with van der Waals surface area (Å²) in [5, 5.41) is 0. The maximum Gasteiger partial charge on any atom is 0.0317 e. The van der Waals surface area contributed by atoms with E-state index in [-0.39, 0.29) is 0 Å². The molecular weight excluding hydrogens is 216 g/mol. The summed E-state index contributed by atoms with van der Waals surface area (Å²) in [6.07, 6.45) is 2.18. The Morgan fingerprint density at radius 3 is 2.69 bits per heavy atom. The van der Waals surface area contributed by atoms with Crippen molar-refractivity contribution >= 4 is 17.4 Å². The minimum absolute atomic E-state index is 0.327. The Morgan fingerprint density at radius 1 is 1.31 bits per heavy atom. The van der Waals surface area contributed by atoms with Gasteiger partial charge in [0, 0.05) is 30.1 Å². The standard InChI is InChI=1S/C13H20N2S/c1-13(2,16-3)9-15-7-10-4-5-12(14)6-11(10)8-15/h4-6H,7-9,14H2,1-3H3. The van der Waals surface area contributed by atoms with E-state index in [1.807, 2.05) is 17.8 Å². The van der Waals surface area contributed by atoms with E-state index in [1.165, 1.54) is 11.1 Å². The van der Waals surface area contributed by atoms with E-state index < -0.39 is 0 Å². The molecule has 0 saturated heterocycles. The van der Waals surface area contributed by atoms with Crippen molar-refractivity contribution in [3.63, 3.8) is 0 Å². The summed E-state index contributed by atoms with van der Waals surface area (Å²) in [5.41, 5.74) is 9.52. The monoisotopic (exact) mass is 236 g/mol. The molecule has 0 saturated carbocycles. The van der Waals surface area contributed by atoms with Crippen molar-refractivity contribution in [1.82, 2.24) is 4.90 Å². The van der Waals surface area contributed by atoms with Crippen LogP contribution in [0.1, 0.15) is 25.0 Å². The zero-order valence-electron chi connectivity index (χ0n) is 10.3. The van der Waals surface area contributed by atoms with E-state index in [1.54, 1.807) is 0 Å². The van der Waals surface area contributed by atoms with E-state index in [9.17, 15) is 0 Å². The quantitative estimate of drug-likeness (QED) is 0.818. The maximum absolute atomic E-state index is 5.81. The molecule has 0 amide bonds. The third-order valence-corrected chi connectivity index (χ3v) is 4.41. The van der Waals surface area contributed by atoms with Crippen LogP contribution in [0.15, 0.2) is 18.2 Å². The summed E-state index contributed by atoms with van der Waals surface area (Å²) < 4.78 is 0.327. The predicted octanol–water partition coefficient (Wildman–Crippen LogP) is 2.73. The summed E-state index contributed by atoms with van der Waals surface area (Å²) in [4.78, 5) is 2.50. The van der Waals surface area contributed by atoms with Crippen LogP contribution in [0.5, 0.6) is 0 Å².